The van der Waals surface area contributed by atoms with Crippen molar-refractivity contribution in [3.05, 3.63) is 78.4 Å². The molecule has 61 heavy (non-hydrogen) atoms. The van der Waals surface area contributed by atoms with Gasteiger partial charge in [-0.25, -0.2) is 26.7 Å². The first kappa shape index (κ1) is 47.4. The minimum atomic E-state index is -3.75. The second-order valence-electron chi connectivity index (χ2n) is 16.6. The standard InChI is InChI=1S/C47H60F5N3O6/c1-8-16-44(48)18-22-54(23-19-44)26-27-61-34-29-39(59-6)41(40(30-34)60-7)37-15-11-13-35-33(12-10-14-36(35)37)28-38(42(56)57)53(5)43(58)45(47(51,52)32(3)4)20-24-55(25-21-45)31-46(49,50)17-9-2/h9-15,17,29-30,38H,3,8,16,18-28,31H2,1-2,4-7H3,(H,56,57)/b17-9+/t38-/m0/s1. The van der Waals surface area contributed by atoms with E-state index in [1.165, 1.54) is 39.2 Å². The molecule has 14 heteroatoms. The van der Waals surface area contributed by atoms with Crippen LogP contribution in [-0.4, -0.2) is 122 Å². The lowest BCUT2D eigenvalue weighted by Crippen LogP contribution is -2.61. The first-order valence-corrected chi connectivity index (χ1v) is 20.9. The molecule has 2 heterocycles. The number of rotatable bonds is 19. The van der Waals surface area contributed by atoms with Crippen LogP contribution < -0.4 is 14.2 Å². The summed E-state index contributed by atoms with van der Waals surface area (Å²) in [7, 11) is 4.26. The van der Waals surface area contributed by atoms with E-state index in [0.717, 1.165) is 24.3 Å². The van der Waals surface area contributed by atoms with Crippen LogP contribution in [0.1, 0.15) is 64.9 Å². The molecule has 0 saturated carbocycles. The molecule has 334 valence electrons. The summed E-state index contributed by atoms with van der Waals surface area (Å²) in [6, 6.07) is 12.8. The molecule has 2 saturated heterocycles. The molecule has 0 aliphatic carbocycles. The molecule has 0 unspecified atom stereocenters. The van der Waals surface area contributed by atoms with E-state index >= 15 is 8.78 Å². The number of carboxylic acids is 1. The van der Waals surface area contributed by atoms with Crippen molar-refractivity contribution in [2.75, 3.05) is 67.1 Å². The topological polar surface area (TPSA) is 91.8 Å². The number of aliphatic carboxylic acids is 1. The molecule has 0 spiro atoms. The monoisotopic (exact) mass is 857 g/mol. The predicted molar refractivity (Wildman–Crippen MR) is 228 cm³/mol. The van der Waals surface area contributed by atoms with Crippen molar-refractivity contribution in [2.45, 2.75) is 89.3 Å². The average molecular weight is 858 g/mol. The number of hydrogen-bond donors (Lipinski definition) is 1. The second-order valence-corrected chi connectivity index (χ2v) is 16.6. The second kappa shape index (κ2) is 19.6. The fraction of sp³-hybridized carbons (Fsp3) is 0.532. The number of carbonyl (C=O) groups is 2. The molecule has 0 bridgehead atoms. The van der Waals surface area contributed by atoms with Gasteiger partial charge in [0, 0.05) is 45.2 Å². The van der Waals surface area contributed by atoms with Crippen LogP contribution in [0.4, 0.5) is 22.0 Å². The number of benzene rings is 3. The molecular formula is C47H60F5N3O6. The summed E-state index contributed by atoms with van der Waals surface area (Å²) in [4.78, 5) is 31.7. The summed E-state index contributed by atoms with van der Waals surface area (Å²) in [5.41, 5.74) is -2.19. The Bertz CT molecular complexity index is 2030. The van der Waals surface area contributed by atoms with Crippen LogP contribution in [0, 0.1) is 5.41 Å². The third-order valence-electron chi connectivity index (χ3n) is 12.5. The molecule has 0 radical (unpaired) electrons. The van der Waals surface area contributed by atoms with Crippen LogP contribution in [0.15, 0.2) is 72.8 Å². The Labute approximate surface area is 356 Å². The number of carboxylic acid groups (broad SMARTS) is 1. The number of nitrogens with zero attached hydrogens (tertiary/aromatic N) is 3. The summed E-state index contributed by atoms with van der Waals surface area (Å²) in [5, 5.41) is 11.9. The predicted octanol–water partition coefficient (Wildman–Crippen LogP) is 9.47. The highest BCUT2D eigenvalue weighted by Gasteiger charge is 2.61. The molecule has 9 nitrogen and oxygen atoms in total. The minimum absolute atomic E-state index is 0.223. The van der Waals surface area contributed by atoms with Crippen LogP contribution in [0.25, 0.3) is 21.9 Å². The molecule has 2 aliphatic heterocycles. The van der Waals surface area contributed by atoms with Crippen LogP contribution in [-0.2, 0) is 16.0 Å². The quantitative estimate of drug-likeness (QED) is 0.0943. The number of likely N-dealkylation sites (N-methyl/N-ethyl adjacent to an activating group) is 1. The van der Waals surface area contributed by atoms with E-state index in [0.29, 0.717) is 90.2 Å². The largest absolute Gasteiger partial charge is 0.496 e. The zero-order chi connectivity index (χ0) is 44.8. The summed E-state index contributed by atoms with van der Waals surface area (Å²) >= 11 is 0. The van der Waals surface area contributed by atoms with Gasteiger partial charge in [-0.15, -0.1) is 0 Å². The molecule has 3 aromatic rings. The van der Waals surface area contributed by atoms with Crippen molar-refractivity contribution >= 4 is 22.6 Å². The van der Waals surface area contributed by atoms with E-state index in [1.807, 2.05) is 25.1 Å². The third-order valence-corrected chi connectivity index (χ3v) is 12.5. The van der Waals surface area contributed by atoms with Gasteiger partial charge in [0.15, 0.2) is 0 Å². The van der Waals surface area contributed by atoms with Crippen molar-refractivity contribution < 1.29 is 50.9 Å². The number of likely N-dealkylation sites (tertiary alicyclic amines) is 2. The number of allylic oxidation sites excluding steroid dienone is 2. The summed E-state index contributed by atoms with van der Waals surface area (Å²) in [5.74, 6) is -7.99. The Balaban J connectivity index is 1.40. The number of halogens is 5. The number of fused-ring (bicyclic) bond motifs is 1. The van der Waals surface area contributed by atoms with Crippen LogP contribution in [0.2, 0.25) is 0 Å². The lowest BCUT2D eigenvalue weighted by molar-refractivity contribution is -0.177. The van der Waals surface area contributed by atoms with Gasteiger partial charge in [-0.1, -0.05) is 62.4 Å². The molecular weight excluding hydrogens is 798 g/mol. The number of ether oxygens (including phenoxy) is 3. The van der Waals surface area contributed by atoms with Crippen molar-refractivity contribution in [1.29, 1.82) is 0 Å². The number of alkyl halides is 5. The van der Waals surface area contributed by atoms with E-state index in [1.54, 1.807) is 30.3 Å². The summed E-state index contributed by atoms with van der Waals surface area (Å²) in [6.07, 6.45) is 3.21. The minimum Gasteiger partial charge on any atom is -0.496 e. The number of methoxy groups -OCH3 is 2. The first-order chi connectivity index (χ1) is 28.9. The van der Waals surface area contributed by atoms with Crippen molar-refractivity contribution in [2.24, 2.45) is 5.41 Å². The maximum atomic E-state index is 16.2. The third kappa shape index (κ3) is 10.3. The van der Waals surface area contributed by atoms with Gasteiger partial charge < -0.3 is 24.2 Å². The maximum absolute atomic E-state index is 16.2. The molecule has 1 atom stereocenters. The van der Waals surface area contributed by atoms with E-state index in [9.17, 15) is 27.9 Å². The molecule has 1 N–H and O–H groups in total. The first-order valence-electron chi connectivity index (χ1n) is 20.9. The summed E-state index contributed by atoms with van der Waals surface area (Å²) < 4.78 is 94.2. The van der Waals surface area contributed by atoms with Gasteiger partial charge >= 0.3 is 5.97 Å². The Morgan fingerprint density at radius 1 is 0.951 bits per heavy atom. The highest BCUT2D eigenvalue weighted by molar-refractivity contribution is 6.01. The van der Waals surface area contributed by atoms with Gasteiger partial charge in [0.1, 0.15) is 41.0 Å². The zero-order valence-corrected chi connectivity index (χ0v) is 36.2. The van der Waals surface area contributed by atoms with Crippen LogP contribution in [0.3, 0.4) is 0 Å². The van der Waals surface area contributed by atoms with Crippen molar-refractivity contribution in [3.8, 4) is 28.4 Å². The normalized spacial score (nSPS) is 17.9. The van der Waals surface area contributed by atoms with E-state index in [4.69, 9.17) is 14.2 Å². The average Bonchev–Trinajstić information content (AvgIpc) is 3.22. The van der Waals surface area contributed by atoms with Crippen molar-refractivity contribution in [1.82, 2.24) is 14.7 Å². The SMILES string of the molecule is C=C(C)C(F)(F)C1(C(=O)N(C)[C@@H](Cc2cccc3c(-c4c(OC)cc(OCCN5CCC(F)(CCC)CC5)cc4OC)cccc23)C(=O)O)CCN(CC(F)(F)/C=C/C)CC1. The Hall–Kier alpha value is -4.69. The molecule has 3 aromatic carbocycles. The zero-order valence-electron chi connectivity index (χ0n) is 36.2. The lowest BCUT2D eigenvalue weighted by atomic mass is 9.69. The van der Waals surface area contributed by atoms with Gasteiger partial charge in [0.25, 0.3) is 11.8 Å². The van der Waals surface area contributed by atoms with Crippen LogP contribution >= 0.6 is 0 Å². The number of carbonyl (C=O) groups excluding carboxylic acids is 1. The van der Waals surface area contributed by atoms with E-state index < -0.39 is 65.8 Å². The van der Waals surface area contributed by atoms with Gasteiger partial charge in [0.05, 0.1) is 26.3 Å². The smallest absolute Gasteiger partial charge is 0.326 e. The Kier molecular flexibility index (Phi) is 15.2. The van der Waals surface area contributed by atoms with Gasteiger partial charge in [0.2, 0.25) is 5.91 Å². The van der Waals surface area contributed by atoms with Crippen molar-refractivity contribution in [3.63, 3.8) is 0 Å². The number of piperidine rings is 2. The molecule has 2 aliphatic rings. The number of amides is 1. The fourth-order valence-corrected chi connectivity index (χ4v) is 9.01. The maximum Gasteiger partial charge on any atom is 0.326 e. The molecule has 1 amide bonds. The van der Waals surface area contributed by atoms with Gasteiger partial charge in [-0.3, -0.25) is 14.6 Å². The van der Waals surface area contributed by atoms with Crippen LogP contribution in [0.5, 0.6) is 17.2 Å². The molecule has 0 aromatic heterocycles. The highest BCUT2D eigenvalue weighted by Crippen LogP contribution is 2.51. The Morgan fingerprint density at radius 2 is 1.54 bits per heavy atom. The summed E-state index contributed by atoms with van der Waals surface area (Å²) in [6.45, 7) is 9.23. The fourth-order valence-electron chi connectivity index (χ4n) is 9.01. The van der Waals surface area contributed by atoms with Gasteiger partial charge in [-0.2, -0.15) is 0 Å². The highest BCUT2D eigenvalue weighted by atomic mass is 19.3. The van der Waals surface area contributed by atoms with Gasteiger partial charge in [-0.05, 0) is 92.6 Å². The Morgan fingerprint density at radius 3 is 2.10 bits per heavy atom. The number of hydrogen-bond acceptors (Lipinski definition) is 7. The van der Waals surface area contributed by atoms with E-state index in [-0.39, 0.29) is 19.5 Å². The van der Waals surface area contributed by atoms with E-state index in [2.05, 4.69) is 11.5 Å². The lowest BCUT2D eigenvalue weighted by Gasteiger charge is -2.47. The molecule has 5 rings (SSSR count). The molecule has 2 fully saturated rings.